The summed E-state index contributed by atoms with van der Waals surface area (Å²) in [6, 6.07) is 17.2. The summed E-state index contributed by atoms with van der Waals surface area (Å²) in [5.41, 5.74) is 4.77. The molecule has 0 amide bonds. The number of hydrogen-bond acceptors (Lipinski definition) is 2. The molecule has 0 saturated carbocycles. The first-order chi connectivity index (χ1) is 8.85. The van der Waals surface area contributed by atoms with Crippen molar-refractivity contribution in [3.8, 4) is 0 Å². The summed E-state index contributed by atoms with van der Waals surface area (Å²) in [7, 11) is 0. The molecule has 0 spiro atoms. The molecule has 0 saturated heterocycles. The Morgan fingerprint density at radius 3 is 2.61 bits per heavy atom. The molecule has 90 valence electrons. The van der Waals surface area contributed by atoms with E-state index in [0.29, 0.717) is 6.04 Å². The molecule has 2 nitrogen and oxygen atoms in total. The largest absolute Gasteiger partial charge is 0.394 e. The fraction of sp³-hybridized carbons (Fsp3) is 0.250. The predicted molar refractivity (Wildman–Crippen MR) is 70.3 cm³/mol. The fourth-order valence-electron chi connectivity index (χ4n) is 3.58. The van der Waals surface area contributed by atoms with Gasteiger partial charge in [0.2, 0.25) is 0 Å². The third-order valence-corrected chi connectivity index (χ3v) is 4.35. The molecule has 2 aliphatic rings. The van der Waals surface area contributed by atoms with Gasteiger partial charge in [0.25, 0.3) is 0 Å². The van der Waals surface area contributed by atoms with E-state index in [9.17, 15) is 5.11 Å². The van der Waals surface area contributed by atoms with Crippen LogP contribution in [0.3, 0.4) is 0 Å². The lowest BCUT2D eigenvalue weighted by molar-refractivity contribution is 0.184. The second-order valence-corrected chi connectivity index (χ2v) is 5.21. The van der Waals surface area contributed by atoms with Crippen molar-refractivity contribution in [2.75, 3.05) is 6.61 Å². The topological polar surface area (TPSA) is 32.3 Å². The van der Waals surface area contributed by atoms with Crippen molar-refractivity contribution in [2.45, 2.75) is 18.0 Å². The average molecular weight is 237 g/mol. The molecule has 2 bridgehead atoms. The molecular formula is C16H15NO. The molecule has 2 heterocycles. The second-order valence-electron chi connectivity index (χ2n) is 5.21. The molecule has 2 atom stereocenters. The van der Waals surface area contributed by atoms with Crippen LogP contribution in [0.5, 0.6) is 0 Å². The molecule has 4 rings (SSSR count). The number of rotatable bonds is 1. The Bertz CT molecular complexity index is 609. The fourth-order valence-corrected chi connectivity index (χ4v) is 3.58. The van der Waals surface area contributed by atoms with Gasteiger partial charge in [-0.25, -0.2) is 0 Å². The SMILES string of the molecule is OC[C@@]12N[C@@H](Cc3ccccc31)c1ccccc12. The van der Waals surface area contributed by atoms with Crippen LogP contribution >= 0.6 is 0 Å². The van der Waals surface area contributed by atoms with E-state index in [-0.39, 0.29) is 6.61 Å². The van der Waals surface area contributed by atoms with Crippen LogP contribution in [0, 0.1) is 0 Å². The zero-order valence-corrected chi connectivity index (χ0v) is 10.1. The summed E-state index contributed by atoms with van der Waals surface area (Å²) in [6.07, 6.45) is 1.01. The predicted octanol–water partition coefficient (Wildman–Crippen LogP) is 2.12. The molecule has 2 aromatic carbocycles. The van der Waals surface area contributed by atoms with E-state index in [1.165, 1.54) is 22.3 Å². The molecule has 0 radical (unpaired) electrons. The van der Waals surface area contributed by atoms with Gasteiger partial charge in [0.05, 0.1) is 12.1 Å². The van der Waals surface area contributed by atoms with E-state index < -0.39 is 5.54 Å². The number of aliphatic hydroxyl groups is 1. The van der Waals surface area contributed by atoms with Crippen LogP contribution in [0.1, 0.15) is 28.3 Å². The maximum absolute atomic E-state index is 10.00. The Morgan fingerprint density at radius 2 is 1.78 bits per heavy atom. The summed E-state index contributed by atoms with van der Waals surface area (Å²) in [5.74, 6) is 0. The standard InChI is InChI=1S/C16H15NO/c18-10-16-13-7-3-1-5-11(13)9-15(17-16)12-6-2-4-8-14(12)16/h1-8,15,17-18H,9-10H2/t15-,16+/m0/s1. The zero-order valence-electron chi connectivity index (χ0n) is 10.1. The molecule has 2 N–H and O–H groups in total. The molecule has 0 fully saturated rings. The Kier molecular flexibility index (Phi) is 1.97. The van der Waals surface area contributed by atoms with E-state index in [1.807, 2.05) is 0 Å². The first-order valence-corrected chi connectivity index (χ1v) is 6.41. The molecule has 0 aromatic heterocycles. The van der Waals surface area contributed by atoms with Crippen LogP contribution in [-0.4, -0.2) is 11.7 Å². The van der Waals surface area contributed by atoms with Gasteiger partial charge in [0.1, 0.15) is 0 Å². The van der Waals surface area contributed by atoms with E-state index in [0.717, 1.165) is 6.42 Å². The van der Waals surface area contributed by atoms with Crippen molar-refractivity contribution >= 4 is 0 Å². The summed E-state index contributed by atoms with van der Waals surface area (Å²) >= 11 is 0. The minimum atomic E-state index is -0.393. The van der Waals surface area contributed by atoms with Gasteiger partial charge >= 0.3 is 0 Å². The molecule has 2 aromatic rings. The average Bonchev–Trinajstić information content (AvgIpc) is 2.71. The van der Waals surface area contributed by atoms with Gasteiger partial charge in [0.15, 0.2) is 0 Å². The first-order valence-electron chi connectivity index (χ1n) is 6.41. The van der Waals surface area contributed by atoms with Gasteiger partial charge in [-0.15, -0.1) is 0 Å². The van der Waals surface area contributed by atoms with Crippen molar-refractivity contribution in [3.05, 3.63) is 70.8 Å². The van der Waals surface area contributed by atoms with E-state index in [1.54, 1.807) is 0 Å². The highest BCUT2D eigenvalue weighted by Crippen LogP contribution is 2.47. The van der Waals surface area contributed by atoms with Crippen LogP contribution < -0.4 is 5.32 Å². The Morgan fingerprint density at radius 1 is 1.06 bits per heavy atom. The highest BCUT2D eigenvalue weighted by atomic mass is 16.3. The lowest BCUT2D eigenvalue weighted by atomic mass is 9.81. The minimum Gasteiger partial charge on any atom is -0.394 e. The van der Waals surface area contributed by atoms with Crippen molar-refractivity contribution in [1.82, 2.24) is 5.32 Å². The highest BCUT2D eigenvalue weighted by molar-refractivity contribution is 5.55. The number of fused-ring (bicyclic) bond motifs is 7. The molecule has 0 unspecified atom stereocenters. The summed E-state index contributed by atoms with van der Waals surface area (Å²) < 4.78 is 0. The van der Waals surface area contributed by atoms with Crippen molar-refractivity contribution in [3.63, 3.8) is 0 Å². The number of nitrogens with one attached hydrogen (secondary N) is 1. The summed E-state index contributed by atoms with van der Waals surface area (Å²) in [5, 5.41) is 13.6. The van der Waals surface area contributed by atoms with E-state index in [4.69, 9.17) is 0 Å². The number of aliphatic hydroxyl groups excluding tert-OH is 1. The molecular weight excluding hydrogens is 222 g/mol. The molecule has 18 heavy (non-hydrogen) atoms. The Balaban J connectivity index is 2.05. The molecule has 0 aliphatic carbocycles. The maximum Gasteiger partial charge on any atom is 0.0936 e. The monoisotopic (exact) mass is 237 g/mol. The number of benzene rings is 2. The van der Waals surface area contributed by atoms with Crippen molar-refractivity contribution in [2.24, 2.45) is 0 Å². The summed E-state index contributed by atoms with van der Waals surface area (Å²) in [4.78, 5) is 0. The molecule has 2 heteroatoms. The normalized spacial score (nSPS) is 27.7. The zero-order chi connectivity index (χ0) is 12.2. The van der Waals surface area contributed by atoms with E-state index >= 15 is 0 Å². The van der Waals surface area contributed by atoms with Gasteiger partial charge in [-0.1, -0.05) is 48.5 Å². The lowest BCUT2D eigenvalue weighted by Gasteiger charge is -2.36. The van der Waals surface area contributed by atoms with Crippen LogP contribution in [0.25, 0.3) is 0 Å². The van der Waals surface area contributed by atoms with Gasteiger partial charge in [-0.3, -0.25) is 5.32 Å². The smallest absolute Gasteiger partial charge is 0.0936 e. The van der Waals surface area contributed by atoms with Crippen LogP contribution in [0.2, 0.25) is 0 Å². The van der Waals surface area contributed by atoms with Gasteiger partial charge in [-0.05, 0) is 28.7 Å². The lowest BCUT2D eigenvalue weighted by Crippen LogP contribution is -2.46. The van der Waals surface area contributed by atoms with Crippen molar-refractivity contribution in [1.29, 1.82) is 0 Å². The van der Waals surface area contributed by atoms with Crippen molar-refractivity contribution < 1.29 is 5.11 Å². The quantitative estimate of drug-likeness (QED) is 0.796. The first kappa shape index (κ1) is 10.3. The molecule has 2 aliphatic heterocycles. The van der Waals surface area contributed by atoms with Gasteiger partial charge in [0, 0.05) is 6.04 Å². The minimum absolute atomic E-state index is 0.109. The Labute approximate surface area is 106 Å². The van der Waals surface area contributed by atoms with Crippen LogP contribution in [-0.2, 0) is 12.0 Å². The third kappa shape index (κ3) is 1.10. The van der Waals surface area contributed by atoms with Crippen LogP contribution in [0.4, 0.5) is 0 Å². The number of hydrogen-bond donors (Lipinski definition) is 2. The van der Waals surface area contributed by atoms with Gasteiger partial charge < -0.3 is 5.11 Å². The second kappa shape index (κ2) is 3.44. The maximum atomic E-state index is 10.00. The summed E-state index contributed by atoms with van der Waals surface area (Å²) in [6.45, 7) is 0.109. The Hall–Kier alpha value is -1.64. The van der Waals surface area contributed by atoms with E-state index in [2.05, 4.69) is 53.8 Å². The van der Waals surface area contributed by atoms with Crippen LogP contribution in [0.15, 0.2) is 48.5 Å². The third-order valence-electron chi connectivity index (χ3n) is 4.35. The van der Waals surface area contributed by atoms with Gasteiger partial charge in [-0.2, -0.15) is 0 Å². The highest BCUT2D eigenvalue weighted by Gasteiger charge is 2.48.